The molecule has 4 nitrogen and oxygen atoms in total. The highest BCUT2D eigenvalue weighted by atomic mass is 16.4. The van der Waals surface area contributed by atoms with E-state index in [9.17, 15) is 9.59 Å². The number of hydrogen-bond acceptors (Lipinski definition) is 2. The number of carboxylic acids is 1. The number of amides is 1. The van der Waals surface area contributed by atoms with E-state index in [1.165, 1.54) is 12.1 Å². The van der Waals surface area contributed by atoms with Crippen LogP contribution in [-0.2, 0) is 4.79 Å². The first kappa shape index (κ1) is 14.0. The van der Waals surface area contributed by atoms with E-state index in [1.54, 1.807) is 13.0 Å². The lowest BCUT2D eigenvalue weighted by Crippen LogP contribution is -2.10. The summed E-state index contributed by atoms with van der Waals surface area (Å²) in [6.45, 7) is 7.21. The van der Waals surface area contributed by atoms with Gasteiger partial charge in [-0.25, -0.2) is 4.79 Å². The number of benzene rings is 1. The van der Waals surface area contributed by atoms with Crippen molar-refractivity contribution in [3.8, 4) is 0 Å². The molecule has 2 N–H and O–H groups in total. The zero-order valence-electron chi connectivity index (χ0n) is 11.0. The number of hydrogen-bond donors (Lipinski definition) is 2. The molecule has 0 bridgehead atoms. The van der Waals surface area contributed by atoms with Crippen molar-refractivity contribution in [1.29, 1.82) is 0 Å². The molecule has 96 valence electrons. The highest BCUT2D eigenvalue weighted by molar-refractivity contribution is 6.01. The zero-order chi connectivity index (χ0) is 13.9. The van der Waals surface area contributed by atoms with Crippen LogP contribution in [0.5, 0.6) is 0 Å². The van der Waals surface area contributed by atoms with E-state index in [1.807, 2.05) is 20.8 Å². The van der Waals surface area contributed by atoms with Crippen LogP contribution in [0.15, 0.2) is 23.8 Å². The van der Waals surface area contributed by atoms with E-state index in [0.717, 1.165) is 11.1 Å². The zero-order valence-corrected chi connectivity index (χ0v) is 11.0. The molecular formula is C14H17NO3. The predicted molar refractivity (Wildman–Crippen MR) is 70.9 cm³/mol. The molecule has 1 rings (SSSR count). The molecule has 1 amide bonds. The van der Waals surface area contributed by atoms with Crippen molar-refractivity contribution in [1.82, 2.24) is 0 Å². The summed E-state index contributed by atoms with van der Waals surface area (Å²) in [6, 6.07) is 3.24. The maximum Gasteiger partial charge on any atom is 0.336 e. The first-order valence-corrected chi connectivity index (χ1v) is 5.61. The molecule has 0 aliphatic rings. The van der Waals surface area contributed by atoms with Gasteiger partial charge in [0.2, 0.25) is 5.91 Å². The van der Waals surface area contributed by atoms with Gasteiger partial charge in [0, 0.05) is 11.8 Å². The summed E-state index contributed by atoms with van der Waals surface area (Å²) in [5.41, 5.74) is 3.14. The number of anilines is 1. The Hall–Kier alpha value is -2.10. The van der Waals surface area contributed by atoms with Crippen LogP contribution >= 0.6 is 0 Å². The second-order valence-corrected chi connectivity index (χ2v) is 4.48. The predicted octanol–water partition coefficient (Wildman–Crippen LogP) is 2.91. The fraction of sp³-hybridized carbons (Fsp3) is 0.286. The van der Waals surface area contributed by atoms with E-state index in [4.69, 9.17) is 5.11 Å². The molecule has 1 aromatic rings. The quantitative estimate of drug-likeness (QED) is 0.807. The third-order valence-electron chi connectivity index (χ3n) is 2.59. The largest absolute Gasteiger partial charge is 0.478 e. The summed E-state index contributed by atoms with van der Waals surface area (Å²) < 4.78 is 0. The Morgan fingerprint density at radius 1 is 1.22 bits per heavy atom. The van der Waals surface area contributed by atoms with Crippen molar-refractivity contribution >= 4 is 17.6 Å². The molecule has 1 aromatic carbocycles. The molecule has 0 aromatic heterocycles. The molecular weight excluding hydrogens is 230 g/mol. The molecule has 0 fully saturated rings. The lowest BCUT2D eigenvalue weighted by atomic mass is 10.0. The van der Waals surface area contributed by atoms with Gasteiger partial charge in [-0.05, 0) is 51.0 Å². The molecule has 0 aliphatic carbocycles. The first-order valence-electron chi connectivity index (χ1n) is 5.61. The van der Waals surface area contributed by atoms with Crippen LogP contribution in [0.3, 0.4) is 0 Å². The Bertz CT molecular complexity index is 526. The van der Waals surface area contributed by atoms with Crippen LogP contribution in [0.25, 0.3) is 0 Å². The molecule has 0 spiro atoms. The van der Waals surface area contributed by atoms with Gasteiger partial charge in [0.15, 0.2) is 0 Å². The van der Waals surface area contributed by atoms with Crippen molar-refractivity contribution in [3.63, 3.8) is 0 Å². The molecule has 0 heterocycles. The fourth-order valence-corrected chi connectivity index (χ4v) is 1.59. The second-order valence-electron chi connectivity index (χ2n) is 4.48. The molecule has 18 heavy (non-hydrogen) atoms. The first-order chi connectivity index (χ1) is 8.31. The van der Waals surface area contributed by atoms with Crippen LogP contribution < -0.4 is 5.32 Å². The van der Waals surface area contributed by atoms with E-state index in [-0.39, 0.29) is 11.5 Å². The number of carbonyl (C=O) groups excluding carboxylic acids is 1. The molecule has 4 heteroatoms. The topological polar surface area (TPSA) is 66.4 Å². The second kappa shape index (κ2) is 5.49. The SMILES string of the molecule is CC(C)=CC(=O)Nc1cc(C)c(C)c(C(=O)O)c1. The van der Waals surface area contributed by atoms with Crippen molar-refractivity contribution in [2.45, 2.75) is 27.7 Å². The van der Waals surface area contributed by atoms with E-state index >= 15 is 0 Å². The molecule has 0 saturated carbocycles. The maximum atomic E-state index is 11.6. The summed E-state index contributed by atoms with van der Waals surface area (Å²) >= 11 is 0. The van der Waals surface area contributed by atoms with E-state index in [0.29, 0.717) is 11.3 Å². The van der Waals surface area contributed by atoms with E-state index in [2.05, 4.69) is 5.32 Å². The average molecular weight is 247 g/mol. The van der Waals surface area contributed by atoms with Crippen LogP contribution in [0.4, 0.5) is 5.69 Å². The monoisotopic (exact) mass is 247 g/mol. The number of allylic oxidation sites excluding steroid dienone is 1. The number of aromatic carboxylic acids is 1. The lowest BCUT2D eigenvalue weighted by molar-refractivity contribution is -0.111. The lowest BCUT2D eigenvalue weighted by Gasteiger charge is -2.09. The minimum atomic E-state index is -0.992. The number of nitrogens with one attached hydrogen (secondary N) is 1. The number of aryl methyl sites for hydroxylation is 1. The van der Waals surface area contributed by atoms with Gasteiger partial charge in [0.1, 0.15) is 0 Å². The standard InChI is InChI=1S/C14H17NO3/c1-8(2)5-13(16)15-11-6-9(3)10(4)12(7-11)14(17)18/h5-7H,1-4H3,(H,15,16)(H,17,18). The van der Waals surface area contributed by atoms with Crippen molar-refractivity contribution in [3.05, 3.63) is 40.5 Å². The van der Waals surface area contributed by atoms with Gasteiger partial charge in [0.25, 0.3) is 0 Å². The van der Waals surface area contributed by atoms with Crippen LogP contribution in [-0.4, -0.2) is 17.0 Å². The smallest absolute Gasteiger partial charge is 0.336 e. The van der Waals surface area contributed by atoms with Crippen LogP contribution in [0.1, 0.15) is 35.3 Å². The number of carbonyl (C=O) groups is 2. The highest BCUT2D eigenvalue weighted by Gasteiger charge is 2.11. The van der Waals surface area contributed by atoms with Gasteiger partial charge in [-0.2, -0.15) is 0 Å². The molecule has 0 radical (unpaired) electrons. The summed E-state index contributed by atoms with van der Waals surface area (Å²) in [5.74, 6) is -1.25. The number of rotatable bonds is 3. The normalized spacial score (nSPS) is 9.78. The maximum absolute atomic E-state index is 11.6. The minimum absolute atomic E-state index is 0.211. The highest BCUT2D eigenvalue weighted by Crippen LogP contribution is 2.20. The van der Waals surface area contributed by atoms with Gasteiger partial charge in [0.05, 0.1) is 5.56 Å². The number of carboxylic acid groups (broad SMARTS) is 1. The fourth-order valence-electron chi connectivity index (χ4n) is 1.59. The van der Waals surface area contributed by atoms with Crippen molar-refractivity contribution < 1.29 is 14.7 Å². The molecule has 0 saturated heterocycles. The summed E-state index contributed by atoms with van der Waals surface area (Å²) in [4.78, 5) is 22.6. The van der Waals surface area contributed by atoms with Crippen LogP contribution in [0, 0.1) is 13.8 Å². The third-order valence-corrected chi connectivity index (χ3v) is 2.59. The average Bonchev–Trinajstić information content (AvgIpc) is 2.21. The van der Waals surface area contributed by atoms with Gasteiger partial charge >= 0.3 is 5.97 Å². The van der Waals surface area contributed by atoms with Gasteiger partial charge < -0.3 is 10.4 Å². The van der Waals surface area contributed by atoms with Gasteiger partial charge in [-0.1, -0.05) is 5.57 Å². The Balaban J connectivity index is 3.09. The molecule has 0 unspecified atom stereocenters. The summed E-state index contributed by atoms with van der Waals surface area (Å²) in [7, 11) is 0. The molecule has 0 atom stereocenters. The Morgan fingerprint density at radius 2 is 1.83 bits per heavy atom. The summed E-state index contributed by atoms with van der Waals surface area (Å²) in [6.07, 6.45) is 1.47. The molecule has 0 aliphatic heterocycles. The Kier molecular flexibility index (Phi) is 4.26. The van der Waals surface area contributed by atoms with E-state index < -0.39 is 5.97 Å². The minimum Gasteiger partial charge on any atom is -0.478 e. The van der Waals surface area contributed by atoms with Crippen LogP contribution in [0.2, 0.25) is 0 Å². The summed E-state index contributed by atoms with van der Waals surface area (Å²) in [5, 5.41) is 11.7. The van der Waals surface area contributed by atoms with Gasteiger partial charge in [-0.15, -0.1) is 0 Å². The van der Waals surface area contributed by atoms with Crippen molar-refractivity contribution in [2.24, 2.45) is 0 Å². The Labute approximate surface area is 106 Å². The third kappa shape index (κ3) is 3.45. The Morgan fingerprint density at radius 3 is 2.33 bits per heavy atom. The van der Waals surface area contributed by atoms with Crippen molar-refractivity contribution in [2.75, 3.05) is 5.32 Å². The van der Waals surface area contributed by atoms with Gasteiger partial charge in [-0.3, -0.25) is 4.79 Å².